The van der Waals surface area contributed by atoms with Crippen LogP contribution in [-0.2, 0) is 6.54 Å². The minimum atomic E-state index is -0.377. The number of hydrogen-bond acceptors (Lipinski definition) is 1. The lowest BCUT2D eigenvalue weighted by Crippen LogP contribution is -2.35. The fourth-order valence-electron chi connectivity index (χ4n) is 2.54. The molecule has 1 N–H and O–H groups in total. The summed E-state index contributed by atoms with van der Waals surface area (Å²) in [6, 6.07) is 4.05. The molecule has 1 aliphatic rings. The molecule has 0 atom stereocenters. The maximum Gasteiger partial charge on any atom is 0.127 e. The van der Waals surface area contributed by atoms with Crippen LogP contribution in [0.1, 0.15) is 45.1 Å². The van der Waals surface area contributed by atoms with Crippen LogP contribution in [-0.4, -0.2) is 6.04 Å². The summed E-state index contributed by atoms with van der Waals surface area (Å²) in [5.41, 5.74) is 0.849. The van der Waals surface area contributed by atoms with Crippen LogP contribution in [0.4, 0.5) is 8.78 Å². The average molecular weight is 253 g/mol. The smallest absolute Gasteiger partial charge is 0.127 e. The van der Waals surface area contributed by atoms with Crippen LogP contribution < -0.4 is 5.32 Å². The monoisotopic (exact) mass is 253 g/mol. The second kappa shape index (κ2) is 5.35. The van der Waals surface area contributed by atoms with Crippen molar-refractivity contribution in [1.29, 1.82) is 0 Å². The van der Waals surface area contributed by atoms with Gasteiger partial charge in [-0.3, -0.25) is 0 Å². The topological polar surface area (TPSA) is 12.0 Å². The molecule has 1 aliphatic carbocycles. The molecular weight excluding hydrogens is 232 g/mol. The van der Waals surface area contributed by atoms with Gasteiger partial charge < -0.3 is 5.32 Å². The summed E-state index contributed by atoms with van der Waals surface area (Å²) in [5, 5.41) is 3.34. The highest BCUT2D eigenvalue weighted by atomic mass is 19.1. The molecular formula is C15H21F2N. The van der Waals surface area contributed by atoms with E-state index in [0.717, 1.165) is 18.9 Å². The maximum atomic E-state index is 13.4. The van der Waals surface area contributed by atoms with Gasteiger partial charge in [-0.1, -0.05) is 13.8 Å². The van der Waals surface area contributed by atoms with Crippen LogP contribution in [0.2, 0.25) is 0 Å². The van der Waals surface area contributed by atoms with E-state index < -0.39 is 0 Å². The Labute approximate surface area is 108 Å². The molecule has 3 heteroatoms. The summed E-state index contributed by atoms with van der Waals surface area (Å²) < 4.78 is 26.5. The lowest BCUT2D eigenvalue weighted by molar-refractivity contribution is 0.205. The molecule has 1 nitrogen and oxygen atoms in total. The fourth-order valence-corrected chi connectivity index (χ4v) is 2.54. The van der Waals surface area contributed by atoms with Crippen molar-refractivity contribution in [3.05, 3.63) is 35.4 Å². The fraction of sp³-hybridized carbons (Fsp3) is 0.600. The number of nitrogens with one attached hydrogen (secondary N) is 1. The zero-order chi connectivity index (χ0) is 13.2. The molecule has 1 aromatic carbocycles. The number of hydrogen-bond donors (Lipinski definition) is 1. The molecule has 1 saturated carbocycles. The molecule has 0 amide bonds. The summed E-state index contributed by atoms with van der Waals surface area (Å²) in [6.45, 7) is 4.99. The van der Waals surface area contributed by atoms with E-state index in [1.807, 2.05) is 0 Å². The predicted octanol–water partition coefficient (Wildman–Crippen LogP) is 4.02. The minimum absolute atomic E-state index is 0.333. The molecule has 0 radical (unpaired) electrons. The molecule has 0 saturated heterocycles. The van der Waals surface area contributed by atoms with Crippen molar-refractivity contribution in [2.45, 2.75) is 52.1 Å². The van der Waals surface area contributed by atoms with Gasteiger partial charge in [-0.25, -0.2) is 8.78 Å². The molecule has 2 rings (SSSR count). The first-order valence-corrected chi connectivity index (χ1v) is 6.64. The third kappa shape index (κ3) is 3.52. The van der Waals surface area contributed by atoms with Gasteiger partial charge in [0.2, 0.25) is 0 Å². The van der Waals surface area contributed by atoms with Crippen molar-refractivity contribution >= 4 is 0 Å². The number of benzene rings is 1. The third-order valence-electron chi connectivity index (χ3n) is 3.93. The highest BCUT2D eigenvalue weighted by Gasteiger charge is 2.26. The Morgan fingerprint density at radius 2 is 1.89 bits per heavy atom. The van der Waals surface area contributed by atoms with E-state index in [0.29, 0.717) is 23.6 Å². The normalized spacial score (nSPS) is 20.0. The predicted molar refractivity (Wildman–Crippen MR) is 69.2 cm³/mol. The van der Waals surface area contributed by atoms with E-state index in [1.165, 1.54) is 25.0 Å². The second-order valence-corrected chi connectivity index (χ2v) is 6.06. The molecule has 0 aromatic heterocycles. The molecule has 1 aromatic rings. The molecule has 1 fully saturated rings. The van der Waals surface area contributed by atoms with Crippen molar-refractivity contribution in [3.63, 3.8) is 0 Å². The Morgan fingerprint density at radius 3 is 2.56 bits per heavy atom. The molecule has 0 bridgehead atoms. The van der Waals surface area contributed by atoms with Crippen LogP contribution >= 0.6 is 0 Å². The Kier molecular flexibility index (Phi) is 4.00. The van der Waals surface area contributed by atoms with Crippen LogP contribution in [0.5, 0.6) is 0 Å². The molecule has 100 valence electrons. The molecule has 0 heterocycles. The average Bonchev–Trinajstić information content (AvgIpc) is 2.32. The number of rotatable bonds is 3. The minimum Gasteiger partial charge on any atom is -0.310 e. The van der Waals surface area contributed by atoms with Gasteiger partial charge in [0, 0.05) is 18.2 Å². The summed E-state index contributed by atoms with van der Waals surface area (Å²) in [5.74, 6) is -0.710. The van der Waals surface area contributed by atoms with E-state index in [2.05, 4.69) is 19.2 Å². The molecule has 0 aliphatic heterocycles. The first kappa shape index (κ1) is 13.5. The van der Waals surface area contributed by atoms with Crippen LogP contribution in [0.15, 0.2) is 18.2 Å². The summed E-state index contributed by atoms with van der Waals surface area (Å²) in [6.07, 6.45) is 4.61. The van der Waals surface area contributed by atoms with Crippen LogP contribution in [0.25, 0.3) is 0 Å². The second-order valence-electron chi connectivity index (χ2n) is 6.06. The van der Waals surface area contributed by atoms with Gasteiger partial charge in [0.25, 0.3) is 0 Å². The number of halogens is 2. The van der Waals surface area contributed by atoms with E-state index in [1.54, 1.807) is 0 Å². The van der Waals surface area contributed by atoms with Gasteiger partial charge in [0.1, 0.15) is 11.6 Å². The molecule has 0 spiro atoms. The molecule has 18 heavy (non-hydrogen) atoms. The summed E-state index contributed by atoms with van der Waals surface area (Å²) in [7, 11) is 0. The largest absolute Gasteiger partial charge is 0.310 e. The zero-order valence-corrected chi connectivity index (χ0v) is 11.1. The maximum absolute atomic E-state index is 13.4. The van der Waals surface area contributed by atoms with Crippen molar-refractivity contribution in [2.75, 3.05) is 0 Å². The Hall–Kier alpha value is -0.960. The standard InChI is InChI=1S/C15H21F2N/c1-15(2)7-5-13(6-8-15)18-10-11-9-12(16)3-4-14(11)17/h3-4,9,13,18H,5-8,10H2,1-2H3. The van der Waals surface area contributed by atoms with E-state index in [-0.39, 0.29) is 11.6 Å². The zero-order valence-electron chi connectivity index (χ0n) is 11.1. The van der Waals surface area contributed by atoms with E-state index in [9.17, 15) is 8.78 Å². The Balaban J connectivity index is 1.87. The lowest BCUT2D eigenvalue weighted by Gasteiger charge is -2.34. The lowest BCUT2D eigenvalue weighted by atomic mass is 9.75. The van der Waals surface area contributed by atoms with Crippen molar-refractivity contribution < 1.29 is 8.78 Å². The Bertz CT molecular complexity index is 405. The van der Waals surface area contributed by atoms with Gasteiger partial charge in [-0.2, -0.15) is 0 Å². The first-order chi connectivity index (χ1) is 8.46. The highest BCUT2D eigenvalue weighted by Crippen LogP contribution is 2.35. The Morgan fingerprint density at radius 1 is 1.22 bits per heavy atom. The quantitative estimate of drug-likeness (QED) is 0.857. The van der Waals surface area contributed by atoms with Crippen molar-refractivity contribution in [3.8, 4) is 0 Å². The van der Waals surface area contributed by atoms with Gasteiger partial charge in [-0.15, -0.1) is 0 Å². The highest BCUT2D eigenvalue weighted by molar-refractivity contribution is 5.18. The van der Waals surface area contributed by atoms with Crippen molar-refractivity contribution in [1.82, 2.24) is 5.32 Å². The van der Waals surface area contributed by atoms with Crippen LogP contribution in [0.3, 0.4) is 0 Å². The molecule has 0 unspecified atom stereocenters. The van der Waals surface area contributed by atoms with Crippen LogP contribution in [0, 0.1) is 17.0 Å². The van der Waals surface area contributed by atoms with E-state index >= 15 is 0 Å². The SMILES string of the molecule is CC1(C)CCC(NCc2cc(F)ccc2F)CC1. The first-order valence-electron chi connectivity index (χ1n) is 6.64. The summed E-state index contributed by atoms with van der Waals surface area (Å²) >= 11 is 0. The van der Waals surface area contributed by atoms with Gasteiger partial charge in [0.05, 0.1) is 0 Å². The van der Waals surface area contributed by atoms with Gasteiger partial charge >= 0.3 is 0 Å². The van der Waals surface area contributed by atoms with E-state index in [4.69, 9.17) is 0 Å². The third-order valence-corrected chi connectivity index (χ3v) is 3.93. The van der Waals surface area contributed by atoms with Crippen molar-refractivity contribution in [2.24, 2.45) is 5.41 Å². The van der Waals surface area contributed by atoms with Gasteiger partial charge in [-0.05, 0) is 49.3 Å². The summed E-state index contributed by atoms with van der Waals surface area (Å²) in [4.78, 5) is 0. The van der Waals surface area contributed by atoms with Gasteiger partial charge in [0.15, 0.2) is 0 Å².